The fraction of sp³-hybridized carbons (Fsp3) is 0.375. The monoisotopic (exact) mass is 288 g/mol. The third-order valence-electron chi connectivity index (χ3n) is 3.46. The molecular formula is C16H20N2O3. The van der Waals surface area contributed by atoms with Gasteiger partial charge in [-0.15, -0.1) is 0 Å². The summed E-state index contributed by atoms with van der Waals surface area (Å²) in [7, 11) is 1.63. The summed E-state index contributed by atoms with van der Waals surface area (Å²) in [5.74, 6) is 1.18. The second-order valence-electron chi connectivity index (χ2n) is 4.88. The maximum Gasteiger partial charge on any atom is 0.257 e. The predicted octanol–water partition coefficient (Wildman–Crippen LogP) is 3.05. The molecule has 1 heterocycles. The van der Waals surface area contributed by atoms with Gasteiger partial charge in [-0.2, -0.15) is 0 Å². The summed E-state index contributed by atoms with van der Waals surface area (Å²) < 4.78 is 10.2. The average molecular weight is 288 g/mol. The van der Waals surface area contributed by atoms with Crippen molar-refractivity contribution in [3.8, 4) is 5.75 Å². The minimum Gasteiger partial charge on any atom is -0.497 e. The molecule has 0 unspecified atom stereocenters. The molecule has 1 aromatic carbocycles. The van der Waals surface area contributed by atoms with E-state index in [1.54, 1.807) is 14.0 Å². The molecule has 112 valence electrons. The van der Waals surface area contributed by atoms with Crippen molar-refractivity contribution in [1.29, 1.82) is 0 Å². The van der Waals surface area contributed by atoms with Crippen LogP contribution in [0, 0.1) is 6.92 Å². The first-order valence-electron chi connectivity index (χ1n) is 6.96. The second-order valence-corrected chi connectivity index (χ2v) is 4.88. The average Bonchev–Trinajstić information content (AvgIpc) is 2.88. The van der Waals surface area contributed by atoms with E-state index in [4.69, 9.17) is 9.26 Å². The van der Waals surface area contributed by atoms with Gasteiger partial charge in [-0.1, -0.05) is 24.2 Å². The lowest BCUT2D eigenvalue weighted by molar-refractivity contribution is 0.0937. The van der Waals surface area contributed by atoms with Crippen LogP contribution in [0.15, 0.2) is 28.8 Å². The summed E-state index contributed by atoms with van der Waals surface area (Å²) in [6.07, 6.45) is 0.664. The van der Waals surface area contributed by atoms with Crippen molar-refractivity contribution >= 4 is 5.91 Å². The summed E-state index contributed by atoms with van der Waals surface area (Å²) in [5.41, 5.74) is 2.24. The Kier molecular flexibility index (Phi) is 4.62. The van der Waals surface area contributed by atoms with Crippen LogP contribution < -0.4 is 10.1 Å². The summed E-state index contributed by atoms with van der Waals surface area (Å²) in [4.78, 5) is 12.4. The van der Waals surface area contributed by atoms with Gasteiger partial charge >= 0.3 is 0 Å². The maximum absolute atomic E-state index is 12.4. The molecule has 0 fully saturated rings. The Morgan fingerprint density at radius 2 is 2.05 bits per heavy atom. The van der Waals surface area contributed by atoms with Crippen LogP contribution in [0.5, 0.6) is 5.75 Å². The zero-order valence-corrected chi connectivity index (χ0v) is 12.8. The van der Waals surface area contributed by atoms with Gasteiger partial charge in [0.2, 0.25) is 0 Å². The van der Waals surface area contributed by atoms with E-state index in [0.717, 1.165) is 11.3 Å². The molecule has 0 aliphatic carbocycles. The van der Waals surface area contributed by atoms with Crippen molar-refractivity contribution in [1.82, 2.24) is 10.5 Å². The number of hydrogen-bond acceptors (Lipinski definition) is 4. The zero-order valence-electron chi connectivity index (χ0n) is 12.8. The van der Waals surface area contributed by atoms with E-state index in [1.807, 2.05) is 38.1 Å². The lowest BCUT2D eigenvalue weighted by atomic mass is 10.1. The van der Waals surface area contributed by atoms with Crippen LogP contribution in [0.3, 0.4) is 0 Å². The van der Waals surface area contributed by atoms with Crippen molar-refractivity contribution in [3.05, 3.63) is 46.8 Å². The molecule has 0 bridgehead atoms. The topological polar surface area (TPSA) is 64.4 Å². The van der Waals surface area contributed by atoms with E-state index in [-0.39, 0.29) is 11.9 Å². The Labute approximate surface area is 124 Å². The SMILES string of the molecule is CCc1noc(C)c1C(=O)N[C@@H](C)c1ccc(OC)cc1. The molecule has 1 amide bonds. The molecule has 0 radical (unpaired) electrons. The Balaban J connectivity index is 2.12. The van der Waals surface area contributed by atoms with Crippen LogP contribution in [-0.2, 0) is 6.42 Å². The molecule has 0 aliphatic rings. The third kappa shape index (κ3) is 3.24. The first kappa shape index (κ1) is 15.1. The predicted molar refractivity (Wildman–Crippen MR) is 79.5 cm³/mol. The Morgan fingerprint density at radius 1 is 1.38 bits per heavy atom. The Hall–Kier alpha value is -2.30. The van der Waals surface area contributed by atoms with Crippen LogP contribution in [0.1, 0.15) is 47.3 Å². The molecule has 1 atom stereocenters. The summed E-state index contributed by atoms with van der Waals surface area (Å²) in [6.45, 7) is 5.63. The largest absolute Gasteiger partial charge is 0.497 e. The number of rotatable bonds is 5. The van der Waals surface area contributed by atoms with Gasteiger partial charge in [-0.05, 0) is 38.0 Å². The highest BCUT2D eigenvalue weighted by atomic mass is 16.5. The van der Waals surface area contributed by atoms with Crippen LogP contribution in [0.25, 0.3) is 0 Å². The summed E-state index contributed by atoms with van der Waals surface area (Å²) in [6, 6.07) is 7.51. The number of benzene rings is 1. The van der Waals surface area contributed by atoms with Gasteiger partial charge in [0.25, 0.3) is 5.91 Å². The van der Waals surface area contributed by atoms with Gasteiger partial charge in [0, 0.05) is 0 Å². The number of nitrogens with zero attached hydrogens (tertiary/aromatic N) is 1. The van der Waals surface area contributed by atoms with Gasteiger partial charge in [-0.3, -0.25) is 4.79 Å². The fourth-order valence-electron chi connectivity index (χ4n) is 2.20. The van der Waals surface area contributed by atoms with E-state index in [1.165, 1.54) is 0 Å². The third-order valence-corrected chi connectivity index (χ3v) is 3.46. The van der Waals surface area contributed by atoms with E-state index in [9.17, 15) is 4.79 Å². The fourth-order valence-corrected chi connectivity index (χ4v) is 2.20. The van der Waals surface area contributed by atoms with Crippen LogP contribution in [0.4, 0.5) is 0 Å². The van der Waals surface area contributed by atoms with Crippen molar-refractivity contribution < 1.29 is 14.1 Å². The minimum absolute atomic E-state index is 0.109. The normalized spacial score (nSPS) is 12.0. The first-order valence-corrected chi connectivity index (χ1v) is 6.96. The number of ether oxygens (including phenoxy) is 1. The molecule has 0 spiro atoms. The highest BCUT2D eigenvalue weighted by molar-refractivity contribution is 5.96. The van der Waals surface area contributed by atoms with Crippen molar-refractivity contribution in [3.63, 3.8) is 0 Å². The van der Waals surface area contributed by atoms with Gasteiger partial charge in [0.05, 0.1) is 18.8 Å². The van der Waals surface area contributed by atoms with E-state index in [2.05, 4.69) is 10.5 Å². The second kappa shape index (κ2) is 6.43. The summed E-state index contributed by atoms with van der Waals surface area (Å²) >= 11 is 0. The maximum atomic E-state index is 12.4. The van der Waals surface area contributed by atoms with Crippen LogP contribution in [0.2, 0.25) is 0 Å². The molecule has 21 heavy (non-hydrogen) atoms. The van der Waals surface area contributed by atoms with E-state index in [0.29, 0.717) is 23.4 Å². The Bertz CT molecular complexity index is 617. The lowest BCUT2D eigenvalue weighted by Gasteiger charge is -2.14. The molecule has 5 nitrogen and oxygen atoms in total. The molecular weight excluding hydrogens is 268 g/mol. The highest BCUT2D eigenvalue weighted by Crippen LogP contribution is 2.19. The molecule has 0 saturated heterocycles. The van der Waals surface area contributed by atoms with Crippen LogP contribution in [-0.4, -0.2) is 18.2 Å². The van der Waals surface area contributed by atoms with Gasteiger partial charge in [0.15, 0.2) is 0 Å². The smallest absolute Gasteiger partial charge is 0.257 e. The quantitative estimate of drug-likeness (QED) is 0.918. The number of hydrogen-bond donors (Lipinski definition) is 1. The number of amides is 1. The zero-order chi connectivity index (χ0) is 15.4. The van der Waals surface area contributed by atoms with Gasteiger partial charge in [-0.25, -0.2) is 0 Å². The highest BCUT2D eigenvalue weighted by Gasteiger charge is 2.20. The van der Waals surface area contributed by atoms with Gasteiger partial charge < -0.3 is 14.6 Å². The first-order chi connectivity index (χ1) is 10.1. The van der Waals surface area contributed by atoms with E-state index >= 15 is 0 Å². The van der Waals surface area contributed by atoms with Crippen molar-refractivity contribution in [2.24, 2.45) is 0 Å². The van der Waals surface area contributed by atoms with Gasteiger partial charge in [0.1, 0.15) is 17.1 Å². The molecule has 5 heteroatoms. The number of carbonyl (C=O) groups is 1. The summed E-state index contributed by atoms with van der Waals surface area (Å²) in [5, 5.41) is 6.88. The molecule has 1 N–H and O–H groups in total. The number of nitrogens with one attached hydrogen (secondary N) is 1. The standard InChI is InChI=1S/C16H20N2O3/c1-5-14-15(11(3)21-18-14)16(19)17-10(2)12-6-8-13(20-4)9-7-12/h6-10H,5H2,1-4H3,(H,17,19)/t10-/m0/s1. The molecule has 0 saturated carbocycles. The molecule has 1 aromatic heterocycles. The van der Waals surface area contributed by atoms with E-state index < -0.39 is 0 Å². The van der Waals surface area contributed by atoms with Crippen molar-refractivity contribution in [2.75, 3.05) is 7.11 Å². The van der Waals surface area contributed by atoms with Crippen molar-refractivity contribution in [2.45, 2.75) is 33.2 Å². The lowest BCUT2D eigenvalue weighted by Crippen LogP contribution is -2.27. The molecule has 2 rings (SSSR count). The number of carbonyl (C=O) groups excluding carboxylic acids is 1. The number of methoxy groups -OCH3 is 1. The molecule has 0 aliphatic heterocycles. The number of aromatic nitrogens is 1. The number of aryl methyl sites for hydroxylation is 2. The molecule has 2 aromatic rings. The van der Waals surface area contributed by atoms with Crippen LogP contribution >= 0.6 is 0 Å². The Morgan fingerprint density at radius 3 is 2.62 bits per heavy atom. The minimum atomic E-state index is -0.158.